The first-order valence-corrected chi connectivity index (χ1v) is 5.10. The van der Waals surface area contributed by atoms with E-state index in [1.807, 2.05) is 0 Å². The summed E-state index contributed by atoms with van der Waals surface area (Å²) in [7, 11) is 0. The van der Waals surface area contributed by atoms with E-state index in [0.29, 0.717) is 6.07 Å². The third kappa shape index (κ3) is 2.44. The summed E-state index contributed by atoms with van der Waals surface area (Å²) in [6.07, 6.45) is 0. The van der Waals surface area contributed by atoms with E-state index in [0.717, 1.165) is 0 Å². The molecule has 0 spiro atoms. The predicted octanol–water partition coefficient (Wildman–Crippen LogP) is 2.03. The molecule has 0 amide bonds. The van der Waals surface area contributed by atoms with E-state index in [9.17, 15) is 30.1 Å². The Morgan fingerprint density at radius 2 is 1.79 bits per heavy atom. The number of hydrogen-bond acceptors (Lipinski definition) is 6. The summed E-state index contributed by atoms with van der Waals surface area (Å²) in [5.41, 5.74) is -2.76. The van der Waals surface area contributed by atoms with E-state index in [2.05, 4.69) is 0 Å². The molecular weight excluding hydrogens is 260 g/mol. The molecule has 102 valence electrons. The van der Waals surface area contributed by atoms with Crippen LogP contribution < -0.4 is 0 Å². The Labute approximate surface area is 106 Å². The summed E-state index contributed by atoms with van der Waals surface area (Å²) in [5.74, 6) is -3.27. The number of carboxylic acids is 1. The zero-order valence-electron chi connectivity index (χ0n) is 9.98. The van der Waals surface area contributed by atoms with Crippen molar-refractivity contribution < 1.29 is 24.9 Å². The summed E-state index contributed by atoms with van der Waals surface area (Å²) in [6.45, 7) is 2.97. The highest BCUT2D eigenvalue weighted by molar-refractivity contribution is 5.93. The maximum atomic E-state index is 11.1. The average molecular weight is 270 g/mol. The summed E-state index contributed by atoms with van der Waals surface area (Å²) in [6, 6.07) is 0.625. The Kier molecular flexibility index (Phi) is 3.69. The number of nitro benzene ring substituents is 2. The number of hydrogen-bond donors (Lipinski definition) is 2. The average Bonchev–Trinajstić information content (AvgIpc) is 2.26. The zero-order valence-corrected chi connectivity index (χ0v) is 9.98. The van der Waals surface area contributed by atoms with Gasteiger partial charge in [0, 0.05) is 6.07 Å². The minimum Gasteiger partial charge on any atom is -0.497 e. The molecule has 1 rings (SSSR count). The van der Waals surface area contributed by atoms with E-state index >= 15 is 0 Å². The Balaban J connectivity index is 3.89. The van der Waals surface area contributed by atoms with Gasteiger partial charge in [-0.3, -0.25) is 20.2 Å². The molecule has 0 aliphatic rings. The van der Waals surface area contributed by atoms with E-state index in [1.165, 1.54) is 13.8 Å². The van der Waals surface area contributed by atoms with Crippen LogP contribution in [0.25, 0.3) is 0 Å². The van der Waals surface area contributed by atoms with Crippen LogP contribution in [-0.4, -0.2) is 26.0 Å². The fourth-order valence-corrected chi connectivity index (χ4v) is 1.74. The van der Waals surface area contributed by atoms with Gasteiger partial charge >= 0.3 is 17.3 Å². The highest BCUT2D eigenvalue weighted by atomic mass is 16.6. The number of benzene rings is 1. The largest absolute Gasteiger partial charge is 0.497 e. The Hall–Kier alpha value is -2.71. The minimum atomic E-state index is -1.53. The number of carboxylic acid groups (broad SMARTS) is 1. The third-order valence-corrected chi connectivity index (χ3v) is 2.48. The molecule has 0 aromatic heterocycles. The van der Waals surface area contributed by atoms with Gasteiger partial charge in [0.2, 0.25) is 0 Å². The van der Waals surface area contributed by atoms with Crippen LogP contribution in [0.5, 0.6) is 5.75 Å². The molecule has 1 aromatic carbocycles. The quantitative estimate of drug-likeness (QED) is 0.628. The van der Waals surface area contributed by atoms with Gasteiger partial charge in [-0.25, -0.2) is 4.79 Å². The Bertz CT molecular complexity index is 580. The highest BCUT2D eigenvalue weighted by Gasteiger charge is 2.35. The summed E-state index contributed by atoms with van der Waals surface area (Å²) < 4.78 is 0. The highest BCUT2D eigenvalue weighted by Crippen LogP contribution is 2.43. The normalized spacial score (nSPS) is 10.5. The molecule has 1 aromatic rings. The van der Waals surface area contributed by atoms with Crippen molar-refractivity contribution in [2.75, 3.05) is 0 Å². The molecule has 9 heteroatoms. The van der Waals surface area contributed by atoms with Gasteiger partial charge in [0.25, 0.3) is 5.75 Å². The van der Waals surface area contributed by atoms with Crippen LogP contribution in [0.4, 0.5) is 11.4 Å². The van der Waals surface area contributed by atoms with Crippen molar-refractivity contribution in [2.45, 2.75) is 19.8 Å². The number of aromatic hydroxyl groups is 1. The molecule has 0 heterocycles. The van der Waals surface area contributed by atoms with E-state index in [4.69, 9.17) is 5.11 Å². The number of phenols is 1. The van der Waals surface area contributed by atoms with Gasteiger partial charge in [0.15, 0.2) is 0 Å². The lowest BCUT2D eigenvalue weighted by Gasteiger charge is -2.11. The number of nitrogens with zero attached hydrogens (tertiary/aromatic N) is 2. The van der Waals surface area contributed by atoms with Crippen LogP contribution in [-0.2, 0) is 0 Å². The SMILES string of the molecule is CC(C)c1c(C(=O)O)cc([N+](=O)[O-])c(O)c1[N+](=O)[O-]. The lowest BCUT2D eigenvalue weighted by Crippen LogP contribution is -2.09. The zero-order chi connectivity index (χ0) is 14.9. The predicted molar refractivity (Wildman–Crippen MR) is 62.5 cm³/mol. The standard InChI is InChI=1S/C10H10N2O7/c1-4(2)7-5(10(14)15)3-6(11(16)17)9(13)8(7)12(18)19/h3-4,13H,1-2H3,(H,14,15). The number of phenolic OH excluding ortho intramolecular Hbond substituents is 1. The molecule has 0 radical (unpaired) electrons. The van der Waals surface area contributed by atoms with Crippen molar-refractivity contribution in [1.29, 1.82) is 0 Å². The molecule has 0 saturated carbocycles. The molecule has 19 heavy (non-hydrogen) atoms. The lowest BCUT2D eigenvalue weighted by molar-refractivity contribution is -0.396. The Morgan fingerprint density at radius 3 is 2.11 bits per heavy atom. The Morgan fingerprint density at radius 1 is 1.26 bits per heavy atom. The number of rotatable bonds is 4. The second kappa shape index (κ2) is 4.88. The van der Waals surface area contributed by atoms with Gasteiger partial charge in [-0.2, -0.15) is 0 Å². The first-order chi connectivity index (χ1) is 8.68. The number of carbonyl (C=O) groups is 1. The second-order valence-corrected chi connectivity index (χ2v) is 4.03. The van der Waals surface area contributed by atoms with Crippen LogP contribution in [0.15, 0.2) is 6.07 Å². The van der Waals surface area contributed by atoms with Crippen LogP contribution >= 0.6 is 0 Å². The number of nitro groups is 2. The molecular formula is C10H10N2O7. The number of aromatic carboxylic acids is 1. The topological polar surface area (TPSA) is 144 Å². The van der Waals surface area contributed by atoms with Crippen molar-refractivity contribution in [3.05, 3.63) is 37.4 Å². The van der Waals surface area contributed by atoms with Crippen molar-refractivity contribution in [1.82, 2.24) is 0 Å². The van der Waals surface area contributed by atoms with Crippen LogP contribution in [0, 0.1) is 20.2 Å². The third-order valence-electron chi connectivity index (χ3n) is 2.48. The minimum absolute atomic E-state index is 0.249. The fourth-order valence-electron chi connectivity index (χ4n) is 1.74. The van der Waals surface area contributed by atoms with Crippen molar-refractivity contribution in [3.63, 3.8) is 0 Å². The van der Waals surface area contributed by atoms with Gasteiger partial charge in [-0.05, 0) is 5.92 Å². The van der Waals surface area contributed by atoms with Crippen molar-refractivity contribution in [2.24, 2.45) is 0 Å². The van der Waals surface area contributed by atoms with Gasteiger partial charge in [-0.1, -0.05) is 13.8 Å². The summed E-state index contributed by atoms with van der Waals surface area (Å²) in [5, 5.41) is 40.2. The fraction of sp³-hybridized carbons (Fsp3) is 0.300. The van der Waals surface area contributed by atoms with Crippen molar-refractivity contribution in [3.8, 4) is 5.75 Å². The maximum Gasteiger partial charge on any atom is 0.336 e. The molecule has 0 atom stereocenters. The molecule has 0 aliphatic carbocycles. The van der Waals surface area contributed by atoms with E-state index < -0.39 is 44.4 Å². The first-order valence-electron chi connectivity index (χ1n) is 5.10. The molecule has 0 unspecified atom stereocenters. The second-order valence-electron chi connectivity index (χ2n) is 4.03. The van der Waals surface area contributed by atoms with Gasteiger partial charge in [0.05, 0.1) is 21.0 Å². The molecule has 9 nitrogen and oxygen atoms in total. The van der Waals surface area contributed by atoms with E-state index in [1.54, 1.807) is 0 Å². The lowest BCUT2D eigenvalue weighted by atomic mass is 9.94. The molecule has 0 bridgehead atoms. The molecule has 2 N–H and O–H groups in total. The van der Waals surface area contributed by atoms with Crippen LogP contribution in [0.1, 0.15) is 35.7 Å². The van der Waals surface area contributed by atoms with Crippen LogP contribution in [0.2, 0.25) is 0 Å². The molecule has 0 fully saturated rings. The van der Waals surface area contributed by atoms with Crippen LogP contribution in [0.3, 0.4) is 0 Å². The first kappa shape index (κ1) is 14.4. The smallest absolute Gasteiger partial charge is 0.336 e. The van der Waals surface area contributed by atoms with Gasteiger partial charge in [-0.15, -0.1) is 0 Å². The molecule has 0 aliphatic heterocycles. The van der Waals surface area contributed by atoms with Gasteiger partial charge in [0.1, 0.15) is 0 Å². The summed E-state index contributed by atoms with van der Waals surface area (Å²) >= 11 is 0. The monoisotopic (exact) mass is 270 g/mol. The van der Waals surface area contributed by atoms with E-state index in [-0.39, 0.29) is 5.56 Å². The van der Waals surface area contributed by atoms with Crippen molar-refractivity contribution >= 4 is 17.3 Å². The summed E-state index contributed by atoms with van der Waals surface area (Å²) in [4.78, 5) is 30.6. The molecule has 0 saturated heterocycles. The maximum absolute atomic E-state index is 11.1. The van der Waals surface area contributed by atoms with Gasteiger partial charge < -0.3 is 10.2 Å².